The Bertz CT molecular complexity index is 637. The molecule has 1 unspecified atom stereocenters. The third-order valence-electron chi connectivity index (χ3n) is 4.02. The zero-order valence-corrected chi connectivity index (χ0v) is 14.2. The van der Waals surface area contributed by atoms with Crippen molar-refractivity contribution in [3.8, 4) is 0 Å². The lowest BCUT2D eigenvalue weighted by molar-refractivity contribution is -0.121. The smallest absolute Gasteiger partial charge is 0.220 e. The van der Waals surface area contributed by atoms with Gasteiger partial charge in [-0.05, 0) is 31.7 Å². The number of benzene rings is 2. The van der Waals surface area contributed by atoms with Gasteiger partial charge < -0.3 is 5.32 Å². The molecule has 0 aromatic heterocycles. The van der Waals surface area contributed by atoms with E-state index in [-0.39, 0.29) is 17.7 Å². The van der Waals surface area contributed by atoms with Crippen molar-refractivity contribution in [1.82, 2.24) is 5.32 Å². The largest absolute Gasteiger partial charge is 0.354 e. The van der Waals surface area contributed by atoms with Crippen LogP contribution in [0.25, 0.3) is 0 Å². The molecule has 0 aliphatic heterocycles. The highest BCUT2D eigenvalue weighted by Gasteiger charge is 2.10. The number of Topliss-reactive ketones (excluding diaryl/α,β-unsaturated/α-hetero) is 1. The SMILES string of the molecule is CC(CCc1ccccc1)NC(=O)CCCC(=O)c1ccccc1. The van der Waals surface area contributed by atoms with E-state index in [1.54, 1.807) is 0 Å². The van der Waals surface area contributed by atoms with Crippen LogP contribution in [-0.4, -0.2) is 17.7 Å². The van der Waals surface area contributed by atoms with Crippen molar-refractivity contribution >= 4 is 11.7 Å². The fraction of sp³-hybridized carbons (Fsp3) is 0.333. The summed E-state index contributed by atoms with van der Waals surface area (Å²) in [6.07, 6.45) is 3.27. The van der Waals surface area contributed by atoms with Gasteiger partial charge in [-0.3, -0.25) is 9.59 Å². The summed E-state index contributed by atoms with van der Waals surface area (Å²) in [5.41, 5.74) is 2.00. The number of ketones is 1. The average molecular weight is 323 g/mol. The highest BCUT2D eigenvalue weighted by molar-refractivity contribution is 5.96. The lowest BCUT2D eigenvalue weighted by Crippen LogP contribution is -2.32. The molecular formula is C21H25NO2. The predicted molar refractivity (Wildman–Crippen MR) is 97.0 cm³/mol. The van der Waals surface area contributed by atoms with Crippen LogP contribution in [0.1, 0.15) is 48.5 Å². The van der Waals surface area contributed by atoms with Gasteiger partial charge in [-0.1, -0.05) is 60.7 Å². The number of amides is 1. The van der Waals surface area contributed by atoms with E-state index in [1.807, 2.05) is 55.5 Å². The minimum absolute atomic E-state index is 0.0245. The average Bonchev–Trinajstić information content (AvgIpc) is 2.61. The summed E-state index contributed by atoms with van der Waals surface area (Å²) in [4.78, 5) is 23.9. The first-order valence-corrected chi connectivity index (χ1v) is 8.56. The van der Waals surface area contributed by atoms with Gasteiger partial charge in [-0.2, -0.15) is 0 Å². The van der Waals surface area contributed by atoms with Gasteiger partial charge in [0, 0.05) is 24.4 Å². The molecule has 2 aromatic carbocycles. The molecule has 3 nitrogen and oxygen atoms in total. The van der Waals surface area contributed by atoms with Crippen LogP contribution >= 0.6 is 0 Å². The summed E-state index contributed by atoms with van der Waals surface area (Å²) < 4.78 is 0. The molecule has 2 aromatic rings. The van der Waals surface area contributed by atoms with Crippen LogP contribution in [0, 0.1) is 0 Å². The number of hydrogen-bond acceptors (Lipinski definition) is 2. The van der Waals surface area contributed by atoms with Gasteiger partial charge in [0.05, 0.1) is 0 Å². The predicted octanol–water partition coefficient (Wildman–Crippen LogP) is 4.18. The standard InChI is InChI=1S/C21H25NO2/c1-17(15-16-18-9-4-2-5-10-18)22-21(24)14-8-13-20(23)19-11-6-3-7-12-19/h2-7,9-12,17H,8,13-16H2,1H3,(H,22,24). The van der Waals surface area contributed by atoms with Crippen LogP contribution in [0.2, 0.25) is 0 Å². The molecular weight excluding hydrogens is 298 g/mol. The number of nitrogens with one attached hydrogen (secondary N) is 1. The summed E-state index contributed by atoms with van der Waals surface area (Å²) in [6, 6.07) is 19.6. The second-order valence-electron chi connectivity index (χ2n) is 6.14. The van der Waals surface area contributed by atoms with Crippen molar-refractivity contribution in [2.45, 2.75) is 45.1 Å². The van der Waals surface area contributed by atoms with Crippen LogP contribution in [0.3, 0.4) is 0 Å². The minimum Gasteiger partial charge on any atom is -0.354 e. The zero-order valence-electron chi connectivity index (χ0n) is 14.2. The Balaban J connectivity index is 1.63. The first-order valence-electron chi connectivity index (χ1n) is 8.56. The van der Waals surface area contributed by atoms with Gasteiger partial charge in [-0.25, -0.2) is 0 Å². The van der Waals surface area contributed by atoms with E-state index in [2.05, 4.69) is 17.4 Å². The molecule has 0 spiro atoms. The Morgan fingerprint density at radius 3 is 2.21 bits per heavy atom. The number of hydrogen-bond donors (Lipinski definition) is 1. The molecule has 3 heteroatoms. The maximum Gasteiger partial charge on any atom is 0.220 e. The third kappa shape index (κ3) is 6.37. The van der Waals surface area contributed by atoms with Crippen molar-refractivity contribution in [2.75, 3.05) is 0 Å². The summed E-state index contributed by atoms with van der Waals surface area (Å²) >= 11 is 0. The first-order chi connectivity index (χ1) is 11.6. The third-order valence-corrected chi connectivity index (χ3v) is 4.02. The van der Waals surface area contributed by atoms with Crippen LogP contribution in [0.15, 0.2) is 60.7 Å². The van der Waals surface area contributed by atoms with E-state index in [0.717, 1.165) is 12.8 Å². The molecule has 0 fully saturated rings. The van der Waals surface area contributed by atoms with E-state index in [0.29, 0.717) is 24.8 Å². The molecule has 0 radical (unpaired) electrons. The summed E-state index contributed by atoms with van der Waals surface area (Å²) in [5.74, 6) is 0.122. The lowest BCUT2D eigenvalue weighted by Gasteiger charge is -2.13. The van der Waals surface area contributed by atoms with Crippen molar-refractivity contribution < 1.29 is 9.59 Å². The number of aryl methyl sites for hydroxylation is 1. The van der Waals surface area contributed by atoms with Gasteiger partial charge in [0.15, 0.2) is 5.78 Å². The van der Waals surface area contributed by atoms with Crippen LogP contribution in [0.4, 0.5) is 0 Å². The Morgan fingerprint density at radius 1 is 0.917 bits per heavy atom. The van der Waals surface area contributed by atoms with Gasteiger partial charge in [0.25, 0.3) is 0 Å². The maximum atomic E-state index is 12.0. The van der Waals surface area contributed by atoms with Crippen molar-refractivity contribution in [2.24, 2.45) is 0 Å². The Labute approximate surface area is 144 Å². The number of rotatable bonds is 9. The molecule has 24 heavy (non-hydrogen) atoms. The first kappa shape index (κ1) is 17.9. The fourth-order valence-electron chi connectivity index (χ4n) is 2.62. The van der Waals surface area contributed by atoms with Crippen molar-refractivity contribution in [1.29, 1.82) is 0 Å². The van der Waals surface area contributed by atoms with Gasteiger partial charge in [0.1, 0.15) is 0 Å². The van der Waals surface area contributed by atoms with Gasteiger partial charge in [0.2, 0.25) is 5.91 Å². The van der Waals surface area contributed by atoms with E-state index >= 15 is 0 Å². The monoisotopic (exact) mass is 323 g/mol. The van der Waals surface area contributed by atoms with Crippen LogP contribution < -0.4 is 5.32 Å². The van der Waals surface area contributed by atoms with Crippen LogP contribution in [0.5, 0.6) is 0 Å². The fourth-order valence-corrected chi connectivity index (χ4v) is 2.62. The zero-order chi connectivity index (χ0) is 17.2. The van der Waals surface area contributed by atoms with Gasteiger partial charge >= 0.3 is 0 Å². The van der Waals surface area contributed by atoms with E-state index in [4.69, 9.17) is 0 Å². The Morgan fingerprint density at radius 2 is 1.54 bits per heavy atom. The molecule has 0 aliphatic rings. The van der Waals surface area contributed by atoms with Crippen molar-refractivity contribution in [3.63, 3.8) is 0 Å². The van der Waals surface area contributed by atoms with E-state index in [9.17, 15) is 9.59 Å². The summed E-state index contributed by atoms with van der Waals surface area (Å²) in [5, 5.41) is 3.01. The molecule has 1 N–H and O–H groups in total. The molecule has 0 saturated carbocycles. The topological polar surface area (TPSA) is 46.2 Å². The Kier molecular flexibility index (Phi) is 7.21. The van der Waals surface area contributed by atoms with Crippen LogP contribution in [-0.2, 0) is 11.2 Å². The number of carbonyl (C=O) groups is 2. The normalized spacial score (nSPS) is 11.7. The Hall–Kier alpha value is -2.42. The maximum absolute atomic E-state index is 12.0. The highest BCUT2D eigenvalue weighted by Crippen LogP contribution is 2.08. The summed E-state index contributed by atoms with van der Waals surface area (Å²) in [7, 11) is 0. The van der Waals surface area contributed by atoms with E-state index < -0.39 is 0 Å². The molecule has 0 bridgehead atoms. The molecule has 1 amide bonds. The molecule has 0 saturated heterocycles. The second-order valence-corrected chi connectivity index (χ2v) is 6.14. The molecule has 0 aliphatic carbocycles. The highest BCUT2D eigenvalue weighted by atomic mass is 16.1. The summed E-state index contributed by atoms with van der Waals surface area (Å²) in [6.45, 7) is 2.02. The second kappa shape index (κ2) is 9.66. The van der Waals surface area contributed by atoms with E-state index in [1.165, 1.54) is 5.56 Å². The number of carbonyl (C=O) groups excluding carboxylic acids is 2. The quantitative estimate of drug-likeness (QED) is 0.704. The molecule has 126 valence electrons. The molecule has 1 atom stereocenters. The minimum atomic E-state index is 0.0245. The lowest BCUT2D eigenvalue weighted by atomic mass is 10.0. The van der Waals surface area contributed by atoms with Gasteiger partial charge in [-0.15, -0.1) is 0 Å². The molecule has 2 rings (SSSR count). The van der Waals surface area contributed by atoms with Crippen molar-refractivity contribution in [3.05, 3.63) is 71.8 Å². The molecule has 0 heterocycles.